The van der Waals surface area contributed by atoms with Crippen LogP contribution in [0.1, 0.15) is 42.5 Å². The van der Waals surface area contributed by atoms with Crippen LogP contribution in [0.25, 0.3) is 0 Å². The van der Waals surface area contributed by atoms with Crippen LogP contribution in [0, 0.1) is 0 Å². The third-order valence-electron chi connectivity index (χ3n) is 3.49. The number of carbonyl (C=O) groups excluding carboxylic acids is 1. The molecule has 2 rings (SSSR count). The highest BCUT2D eigenvalue weighted by atomic mass is 35.5. The van der Waals surface area contributed by atoms with Gasteiger partial charge in [0.2, 0.25) is 5.91 Å². The summed E-state index contributed by atoms with van der Waals surface area (Å²) >= 11 is 7.65. The van der Waals surface area contributed by atoms with Gasteiger partial charge in [0.1, 0.15) is 0 Å². The summed E-state index contributed by atoms with van der Waals surface area (Å²) in [6, 6.07) is 4.28. The summed E-state index contributed by atoms with van der Waals surface area (Å²) in [4.78, 5) is 22.9. The molecule has 2 N–H and O–H groups in total. The number of thioether (sulfide) groups is 1. The molecule has 1 aliphatic carbocycles. The van der Waals surface area contributed by atoms with Crippen molar-refractivity contribution in [1.29, 1.82) is 0 Å². The number of amides is 1. The van der Waals surface area contributed by atoms with Crippen LogP contribution in [-0.4, -0.2) is 28.0 Å². The molecule has 1 aliphatic rings. The van der Waals surface area contributed by atoms with Crippen LogP contribution in [-0.2, 0) is 4.79 Å². The minimum absolute atomic E-state index is 0.106. The molecule has 0 unspecified atom stereocenters. The van der Waals surface area contributed by atoms with Crippen LogP contribution in [0.3, 0.4) is 0 Å². The molecule has 1 aromatic carbocycles. The zero-order chi connectivity index (χ0) is 15.2. The standard InChI is InChI=1S/C15H18ClNO3S/c16-12-7-6-10(15(19)20)8-13(12)17-14(18)9-21-11-4-2-1-3-5-11/h6-8,11H,1-5,9H2,(H,17,18)(H,19,20). The van der Waals surface area contributed by atoms with Crippen molar-refractivity contribution in [2.45, 2.75) is 37.4 Å². The van der Waals surface area contributed by atoms with Gasteiger partial charge >= 0.3 is 5.97 Å². The smallest absolute Gasteiger partial charge is 0.335 e. The van der Waals surface area contributed by atoms with Gasteiger partial charge in [0, 0.05) is 5.25 Å². The van der Waals surface area contributed by atoms with Crippen LogP contribution < -0.4 is 5.32 Å². The van der Waals surface area contributed by atoms with E-state index < -0.39 is 5.97 Å². The summed E-state index contributed by atoms with van der Waals surface area (Å²) in [5.41, 5.74) is 0.459. The number of hydrogen-bond donors (Lipinski definition) is 2. The fourth-order valence-electron chi connectivity index (χ4n) is 2.37. The molecule has 0 spiro atoms. The Morgan fingerprint density at radius 1 is 1.29 bits per heavy atom. The number of halogens is 1. The Morgan fingerprint density at radius 2 is 2.00 bits per heavy atom. The second-order valence-electron chi connectivity index (χ2n) is 5.12. The first kappa shape index (κ1) is 16.2. The number of aromatic carboxylic acids is 1. The summed E-state index contributed by atoms with van der Waals surface area (Å²) < 4.78 is 0. The van der Waals surface area contributed by atoms with E-state index >= 15 is 0 Å². The maximum Gasteiger partial charge on any atom is 0.335 e. The Bertz CT molecular complexity index is 530. The van der Waals surface area contributed by atoms with Crippen molar-refractivity contribution < 1.29 is 14.7 Å². The number of benzene rings is 1. The molecular formula is C15H18ClNO3S. The lowest BCUT2D eigenvalue weighted by molar-refractivity contribution is -0.113. The summed E-state index contributed by atoms with van der Waals surface area (Å²) in [6.45, 7) is 0. The molecule has 0 saturated heterocycles. The van der Waals surface area contributed by atoms with Crippen molar-refractivity contribution in [3.63, 3.8) is 0 Å². The van der Waals surface area contributed by atoms with E-state index in [-0.39, 0.29) is 11.5 Å². The molecule has 0 aromatic heterocycles. The molecule has 1 amide bonds. The molecule has 4 nitrogen and oxygen atoms in total. The second kappa shape index (κ2) is 7.71. The SMILES string of the molecule is O=C(CSC1CCCCC1)Nc1cc(C(=O)O)ccc1Cl. The van der Waals surface area contributed by atoms with E-state index in [2.05, 4.69) is 5.32 Å². The monoisotopic (exact) mass is 327 g/mol. The van der Waals surface area contributed by atoms with E-state index in [0.717, 1.165) is 0 Å². The van der Waals surface area contributed by atoms with Crippen LogP contribution >= 0.6 is 23.4 Å². The Kier molecular flexibility index (Phi) is 5.94. The third-order valence-corrected chi connectivity index (χ3v) is 5.19. The van der Waals surface area contributed by atoms with Crippen molar-refractivity contribution in [1.82, 2.24) is 0 Å². The van der Waals surface area contributed by atoms with Gasteiger partial charge in [0.05, 0.1) is 22.0 Å². The molecule has 0 aliphatic heterocycles. The fourth-order valence-corrected chi connectivity index (χ4v) is 3.66. The summed E-state index contributed by atoms with van der Waals surface area (Å²) in [5.74, 6) is -0.813. The quantitative estimate of drug-likeness (QED) is 0.856. The van der Waals surface area contributed by atoms with Gasteiger partial charge in [-0.2, -0.15) is 0 Å². The largest absolute Gasteiger partial charge is 0.478 e. The first-order valence-electron chi connectivity index (χ1n) is 7.00. The molecule has 21 heavy (non-hydrogen) atoms. The molecule has 114 valence electrons. The molecule has 0 radical (unpaired) electrons. The second-order valence-corrected chi connectivity index (χ2v) is 6.81. The van der Waals surface area contributed by atoms with E-state index in [0.29, 0.717) is 21.7 Å². The van der Waals surface area contributed by atoms with Gasteiger partial charge in [-0.25, -0.2) is 4.79 Å². The van der Waals surface area contributed by atoms with Crippen molar-refractivity contribution in [2.75, 3.05) is 11.1 Å². The summed E-state index contributed by atoms with van der Waals surface area (Å²) in [7, 11) is 0. The number of rotatable bonds is 5. The van der Waals surface area contributed by atoms with Gasteiger partial charge in [-0.15, -0.1) is 11.8 Å². The van der Waals surface area contributed by atoms with Gasteiger partial charge in [0.25, 0.3) is 0 Å². The fraction of sp³-hybridized carbons (Fsp3) is 0.467. The maximum absolute atomic E-state index is 12.0. The molecule has 6 heteroatoms. The molecular weight excluding hydrogens is 310 g/mol. The van der Waals surface area contributed by atoms with Crippen LogP contribution in [0.2, 0.25) is 5.02 Å². The van der Waals surface area contributed by atoms with Gasteiger partial charge in [-0.1, -0.05) is 30.9 Å². The normalized spacial score (nSPS) is 15.7. The van der Waals surface area contributed by atoms with E-state index in [1.165, 1.54) is 50.3 Å². The number of carboxylic acids is 1. The molecule has 0 heterocycles. The predicted molar refractivity (Wildman–Crippen MR) is 86.4 cm³/mol. The van der Waals surface area contributed by atoms with Gasteiger partial charge in [-0.3, -0.25) is 4.79 Å². The van der Waals surface area contributed by atoms with Gasteiger partial charge in [-0.05, 0) is 31.0 Å². The Balaban J connectivity index is 1.89. The topological polar surface area (TPSA) is 66.4 Å². The van der Waals surface area contributed by atoms with Crippen LogP contribution in [0.4, 0.5) is 5.69 Å². The minimum Gasteiger partial charge on any atom is -0.478 e. The van der Waals surface area contributed by atoms with Crippen molar-refractivity contribution in [3.8, 4) is 0 Å². The van der Waals surface area contributed by atoms with E-state index in [1.807, 2.05) is 0 Å². The van der Waals surface area contributed by atoms with Crippen molar-refractivity contribution in [3.05, 3.63) is 28.8 Å². The number of anilines is 1. The average molecular weight is 328 g/mol. The number of nitrogens with one attached hydrogen (secondary N) is 1. The Hall–Kier alpha value is -1.20. The summed E-state index contributed by atoms with van der Waals surface area (Å²) in [6.07, 6.45) is 6.12. The predicted octanol–water partition coefficient (Wildman–Crippen LogP) is 4.04. The zero-order valence-electron chi connectivity index (χ0n) is 11.6. The highest BCUT2D eigenvalue weighted by molar-refractivity contribution is 8.00. The van der Waals surface area contributed by atoms with E-state index in [4.69, 9.17) is 16.7 Å². The lowest BCUT2D eigenvalue weighted by Crippen LogP contribution is -2.18. The lowest BCUT2D eigenvalue weighted by Gasteiger charge is -2.20. The first-order valence-corrected chi connectivity index (χ1v) is 8.43. The van der Waals surface area contributed by atoms with Crippen molar-refractivity contribution in [2.24, 2.45) is 0 Å². The zero-order valence-corrected chi connectivity index (χ0v) is 13.2. The highest BCUT2D eigenvalue weighted by Gasteiger charge is 2.16. The lowest BCUT2D eigenvalue weighted by atomic mass is 10.0. The maximum atomic E-state index is 12.0. The Labute approximate surface area is 133 Å². The Morgan fingerprint density at radius 3 is 2.67 bits per heavy atom. The molecule has 1 aromatic rings. The number of carbonyl (C=O) groups is 2. The molecule has 1 saturated carbocycles. The molecule has 0 bridgehead atoms. The number of carboxylic acid groups (broad SMARTS) is 1. The number of hydrogen-bond acceptors (Lipinski definition) is 3. The molecule has 1 fully saturated rings. The summed E-state index contributed by atoms with van der Waals surface area (Å²) in [5, 5.41) is 12.5. The molecule has 0 atom stereocenters. The van der Waals surface area contributed by atoms with Crippen LogP contribution in [0.15, 0.2) is 18.2 Å². The van der Waals surface area contributed by atoms with Gasteiger partial charge < -0.3 is 10.4 Å². The average Bonchev–Trinajstić information content (AvgIpc) is 2.48. The highest BCUT2D eigenvalue weighted by Crippen LogP contribution is 2.28. The van der Waals surface area contributed by atoms with Crippen molar-refractivity contribution >= 4 is 40.9 Å². The first-order chi connectivity index (χ1) is 10.1. The third kappa shape index (κ3) is 4.93. The van der Waals surface area contributed by atoms with E-state index in [9.17, 15) is 9.59 Å². The van der Waals surface area contributed by atoms with Gasteiger partial charge in [0.15, 0.2) is 0 Å². The van der Waals surface area contributed by atoms with E-state index in [1.54, 1.807) is 11.8 Å². The van der Waals surface area contributed by atoms with Crippen LogP contribution in [0.5, 0.6) is 0 Å². The minimum atomic E-state index is -1.04.